The van der Waals surface area contributed by atoms with Crippen molar-refractivity contribution in [1.82, 2.24) is 9.55 Å². The van der Waals surface area contributed by atoms with Crippen LogP contribution in [0.5, 0.6) is 0 Å². The smallest absolute Gasteiger partial charge is 0.316 e. The SMILES string of the molecule is O=c1[nH]ccn(CCc2ccccc2Br)c1=O. The van der Waals surface area contributed by atoms with E-state index in [1.54, 1.807) is 6.20 Å². The summed E-state index contributed by atoms with van der Waals surface area (Å²) in [6, 6.07) is 7.83. The summed E-state index contributed by atoms with van der Waals surface area (Å²) in [5.41, 5.74) is 0.0128. The number of halogens is 1. The van der Waals surface area contributed by atoms with E-state index in [0.29, 0.717) is 13.0 Å². The highest BCUT2D eigenvalue weighted by atomic mass is 79.9. The number of nitrogens with zero attached hydrogens (tertiary/aromatic N) is 1. The summed E-state index contributed by atoms with van der Waals surface area (Å²) in [5, 5.41) is 0. The number of benzene rings is 1. The third-order valence-corrected chi connectivity index (χ3v) is 3.28. The molecule has 0 atom stereocenters. The van der Waals surface area contributed by atoms with Gasteiger partial charge in [-0.25, -0.2) is 0 Å². The lowest BCUT2D eigenvalue weighted by Crippen LogP contribution is -2.35. The van der Waals surface area contributed by atoms with Crippen LogP contribution in [-0.2, 0) is 13.0 Å². The Kier molecular flexibility index (Phi) is 3.58. The van der Waals surface area contributed by atoms with Crippen molar-refractivity contribution in [2.45, 2.75) is 13.0 Å². The molecular formula is C12H11BrN2O2. The second-order valence-corrected chi connectivity index (χ2v) is 4.48. The number of H-pyrrole nitrogens is 1. The Morgan fingerprint density at radius 1 is 1.24 bits per heavy atom. The van der Waals surface area contributed by atoms with Gasteiger partial charge in [0.25, 0.3) is 0 Å². The van der Waals surface area contributed by atoms with Crippen molar-refractivity contribution in [3.8, 4) is 0 Å². The molecule has 88 valence electrons. The van der Waals surface area contributed by atoms with Gasteiger partial charge in [0.1, 0.15) is 0 Å². The normalized spacial score (nSPS) is 10.4. The third-order valence-electron chi connectivity index (χ3n) is 2.50. The molecule has 17 heavy (non-hydrogen) atoms. The maximum absolute atomic E-state index is 11.5. The molecule has 0 aliphatic heterocycles. The highest BCUT2D eigenvalue weighted by Gasteiger charge is 2.02. The Morgan fingerprint density at radius 3 is 2.76 bits per heavy atom. The molecule has 1 heterocycles. The summed E-state index contributed by atoms with van der Waals surface area (Å²) in [5.74, 6) is 0. The lowest BCUT2D eigenvalue weighted by molar-refractivity contribution is 0.655. The maximum Gasteiger partial charge on any atom is 0.316 e. The van der Waals surface area contributed by atoms with E-state index >= 15 is 0 Å². The van der Waals surface area contributed by atoms with E-state index in [9.17, 15) is 9.59 Å². The zero-order valence-electron chi connectivity index (χ0n) is 9.02. The summed E-state index contributed by atoms with van der Waals surface area (Å²) in [6.45, 7) is 0.491. The highest BCUT2D eigenvalue weighted by molar-refractivity contribution is 9.10. The average molecular weight is 295 g/mol. The molecule has 0 aliphatic carbocycles. The fraction of sp³-hybridized carbons (Fsp3) is 0.167. The van der Waals surface area contributed by atoms with Gasteiger partial charge in [-0.3, -0.25) is 9.59 Å². The molecule has 0 radical (unpaired) electrons. The number of aromatic nitrogens is 2. The first-order chi connectivity index (χ1) is 8.18. The summed E-state index contributed by atoms with van der Waals surface area (Å²) < 4.78 is 2.43. The van der Waals surface area contributed by atoms with Gasteiger partial charge in [-0.05, 0) is 18.1 Å². The highest BCUT2D eigenvalue weighted by Crippen LogP contribution is 2.16. The van der Waals surface area contributed by atoms with Gasteiger partial charge in [-0.2, -0.15) is 0 Å². The molecule has 2 aromatic rings. The van der Waals surface area contributed by atoms with E-state index in [1.807, 2.05) is 24.3 Å². The number of rotatable bonds is 3. The Balaban J connectivity index is 2.19. The van der Waals surface area contributed by atoms with Crippen LogP contribution in [0.15, 0.2) is 50.7 Å². The second-order valence-electron chi connectivity index (χ2n) is 3.63. The van der Waals surface area contributed by atoms with Gasteiger partial charge in [0.05, 0.1) is 0 Å². The number of hydrogen-bond acceptors (Lipinski definition) is 2. The molecule has 0 saturated carbocycles. The average Bonchev–Trinajstić information content (AvgIpc) is 2.33. The van der Waals surface area contributed by atoms with E-state index in [1.165, 1.54) is 10.8 Å². The molecule has 0 aliphatic rings. The van der Waals surface area contributed by atoms with Gasteiger partial charge in [0.15, 0.2) is 0 Å². The Morgan fingerprint density at radius 2 is 2.00 bits per heavy atom. The molecule has 0 spiro atoms. The van der Waals surface area contributed by atoms with Crippen molar-refractivity contribution in [3.63, 3.8) is 0 Å². The van der Waals surface area contributed by atoms with E-state index < -0.39 is 11.1 Å². The van der Waals surface area contributed by atoms with Crippen LogP contribution in [0.4, 0.5) is 0 Å². The van der Waals surface area contributed by atoms with Crippen molar-refractivity contribution < 1.29 is 0 Å². The van der Waals surface area contributed by atoms with Crippen molar-refractivity contribution >= 4 is 15.9 Å². The molecule has 0 amide bonds. The standard InChI is InChI=1S/C12H11BrN2O2/c13-10-4-2-1-3-9(10)5-7-15-8-6-14-11(16)12(15)17/h1-4,6,8H,5,7H2,(H,14,16). The van der Waals surface area contributed by atoms with Crippen LogP contribution < -0.4 is 11.1 Å². The Hall–Kier alpha value is -1.62. The van der Waals surface area contributed by atoms with Gasteiger partial charge in [0, 0.05) is 23.4 Å². The van der Waals surface area contributed by atoms with E-state index in [-0.39, 0.29) is 0 Å². The molecule has 0 fully saturated rings. The molecule has 1 aromatic heterocycles. The van der Waals surface area contributed by atoms with Crippen molar-refractivity contribution in [2.24, 2.45) is 0 Å². The van der Waals surface area contributed by atoms with Crippen molar-refractivity contribution in [1.29, 1.82) is 0 Å². The number of aryl methyl sites for hydroxylation is 2. The van der Waals surface area contributed by atoms with Gasteiger partial charge >= 0.3 is 11.1 Å². The van der Waals surface area contributed by atoms with Crippen LogP contribution >= 0.6 is 15.9 Å². The lowest BCUT2D eigenvalue weighted by Gasteiger charge is -2.06. The summed E-state index contributed by atoms with van der Waals surface area (Å²) in [4.78, 5) is 25.0. The summed E-state index contributed by atoms with van der Waals surface area (Å²) >= 11 is 3.45. The van der Waals surface area contributed by atoms with Crippen LogP contribution in [0.2, 0.25) is 0 Å². The number of nitrogens with one attached hydrogen (secondary N) is 1. The zero-order valence-corrected chi connectivity index (χ0v) is 10.6. The first-order valence-electron chi connectivity index (χ1n) is 5.20. The van der Waals surface area contributed by atoms with Gasteiger partial charge in [-0.15, -0.1) is 0 Å². The molecular weight excluding hydrogens is 284 g/mol. The predicted molar refractivity (Wildman–Crippen MR) is 69.2 cm³/mol. The molecule has 0 saturated heterocycles. The number of aromatic amines is 1. The molecule has 1 N–H and O–H groups in total. The second kappa shape index (κ2) is 5.14. The lowest BCUT2D eigenvalue weighted by atomic mass is 10.1. The molecule has 4 nitrogen and oxygen atoms in total. The summed E-state index contributed by atoms with van der Waals surface area (Å²) in [7, 11) is 0. The monoisotopic (exact) mass is 294 g/mol. The summed E-state index contributed by atoms with van der Waals surface area (Å²) in [6.07, 6.45) is 3.76. The quantitative estimate of drug-likeness (QED) is 0.873. The molecule has 0 unspecified atom stereocenters. The van der Waals surface area contributed by atoms with Crippen LogP contribution in [0.1, 0.15) is 5.56 Å². The minimum Gasteiger partial charge on any atom is -0.323 e. The maximum atomic E-state index is 11.5. The first kappa shape index (κ1) is 11.9. The number of hydrogen-bond donors (Lipinski definition) is 1. The molecule has 0 bridgehead atoms. The third kappa shape index (κ3) is 2.74. The first-order valence-corrected chi connectivity index (χ1v) is 5.99. The molecule has 1 aromatic carbocycles. The Bertz CT molecular complexity index is 631. The Labute approximate surface area is 106 Å². The minimum absolute atomic E-state index is 0.491. The topological polar surface area (TPSA) is 54.9 Å². The van der Waals surface area contributed by atoms with Crippen LogP contribution in [0.3, 0.4) is 0 Å². The van der Waals surface area contributed by atoms with E-state index in [0.717, 1.165) is 10.0 Å². The van der Waals surface area contributed by atoms with Gasteiger partial charge in [-0.1, -0.05) is 34.1 Å². The van der Waals surface area contributed by atoms with Gasteiger partial charge < -0.3 is 9.55 Å². The van der Waals surface area contributed by atoms with E-state index in [4.69, 9.17) is 0 Å². The van der Waals surface area contributed by atoms with Crippen molar-refractivity contribution in [3.05, 3.63) is 67.4 Å². The van der Waals surface area contributed by atoms with Crippen LogP contribution in [0, 0.1) is 0 Å². The van der Waals surface area contributed by atoms with Crippen LogP contribution in [-0.4, -0.2) is 9.55 Å². The fourth-order valence-corrected chi connectivity index (χ4v) is 2.06. The molecule has 5 heteroatoms. The molecule has 2 rings (SSSR count). The predicted octanol–water partition coefficient (Wildman–Crippen LogP) is 1.54. The van der Waals surface area contributed by atoms with Gasteiger partial charge in [0.2, 0.25) is 0 Å². The largest absolute Gasteiger partial charge is 0.323 e. The zero-order chi connectivity index (χ0) is 12.3. The van der Waals surface area contributed by atoms with Crippen LogP contribution in [0.25, 0.3) is 0 Å². The van der Waals surface area contributed by atoms with Crippen molar-refractivity contribution in [2.75, 3.05) is 0 Å². The fourth-order valence-electron chi connectivity index (χ4n) is 1.58. The van der Waals surface area contributed by atoms with E-state index in [2.05, 4.69) is 20.9 Å². The minimum atomic E-state index is -0.584.